The number of benzene rings is 2. The number of hydrogen-bond donors (Lipinski definition) is 2. The Bertz CT molecular complexity index is 975. The van der Waals surface area contributed by atoms with Gasteiger partial charge < -0.3 is 15.0 Å². The molecule has 0 saturated heterocycles. The third-order valence-corrected chi connectivity index (χ3v) is 4.15. The van der Waals surface area contributed by atoms with E-state index in [-0.39, 0.29) is 24.4 Å². The van der Waals surface area contributed by atoms with Crippen LogP contribution in [0.1, 0.15) is 23.6 Å². The van der Waals surface area contributed by atoms with Crippen LogP contribution in [0.2, 0.25) is 0 Å². The number of aryl methyl sites for hydroxylation is 1. The van der Waals surface area contributed by atoms with Crippen LogP contribution in [0.4, 0.5) is 0 Å². The molecule has 3 aromatic rings. The zero-order valence-corrected chi connectivity index (χ0v) is 15.0. The van der Waals surface area contributed by atoms with Crippen LogP contribution in [-0.2, 0) is 17.8 Å². The Kier molecular flexibility index (Phi) is 5.37. The van der Waals surface area contributed by atoms with Gasteiger partial charge in [0, 0.05) is 17.6 Å². The molecular weight excluding hydrogens is 328 g/mol. The SMILES string of the molecule is CCOc1ccc(CC(=O)NCc2cc3ccc(C)cc3[nH]c2=O)cc1. The number of hydrogen-bond acceptors (Lipinski definition) is 3. The lowest BCUT2D eigenvalue weighted by Crippen LogP contribution is -2.27. The van der Waals surface area contributed by atoms with Crippen molar-refractivity contribution in [1.29, 1.82) is 0 Å². The van der Waals surface area contributed by atoms with E-state index in [0.717, 1.165) is 27.8 Å². The van der Waals surface area contributed by atoms with E-state index < -0.39 is 0 Å². The van der Waals surface area contributed by atoms with Crippen LogP contribution in [0.5, 0.6) is 5.75 Å². The second-order valence-electron chi connectivity index (χ2n) is 6.24. The topological polar surface area (TPSA) is 71.2 Å². The fourth-order valence-corrected chi connectivity index (χ4v) is 2.80. The van der Waals surface area contributed by atoms with Crippen molar-refractivity contribution in [1.82, 2.24) is 10.3 Å². The lowest BCUT2D eigenvalue weighted by atomic mass is 10.1. The van der Waals surface area contributed by atoms with Gasteiger partial charge in [-0.05, 0) is 54.6 Å². The molecule has 3 rings (SSSR count). The molecule has 1 heterocycles. The highest BCUT2D eigenvalue weighted by atomic mass is 16.5. The predicted octanol–water partition coefficient (Wildman–Crippen LogP) is 3.09. The van der Waals surface area contributed by atoms with Gasteiger partial charge in [0.2, 0.25) is 5.91 Å². The van der Waals surface area contributed by atoms with Gasteiger partial charge in [0.15, 0.2) is 0 Å². The Morgan fingerprint density at radius 1 is 1.12 bits per heavy atom. The largest absolute Gasteiger partial charge is 0.494 e. The summed E-state index contributed by atoms with van der Waals surface area (Å²) in [4.78, 5) is 27.2. The molecule has 5 nitrogen and oxygen atoms in total. The summed E-state index contributed by atoms with van der Waals surface area (Å²) in [5, 5.41) is 3.76. The van der Waals surface area contributed by atoms with Crippen LogP contribution < -0.4 is 15.6 Å². The molecule has 2 aromatic carbocycles. The summed E-state index contributed by atoms with van der Waals surface area (Å²) < 4.78 is 5.39. The molecule has 0 unspecified atom stereocenters. The van der Waals surface area contributed by atoms with E-state index in [1.165, 1.54) is 0 Å². The summed E-state index contributed by atoms with van der Waals surface area (Å²) in [6, 6.07) is 15.2. The van der Waals surface area contributed by atoms with Crippen molar-refractivity contribution in [2.45, 2.75) is 26.8 Å². The zero-order valence-electron chi connectivity index (χ0n) is 15.0. The van der Waals surface area contributed by atoms with Gasteiger partial charge in [-0.3, -0.25) is 9.59 Å². The predicted molar refractivity (Wildman–Crippen MR) is 102 cm³/mol. The molecule has 1 amide bonds. The Hall–Kier alpha value is -3.08. The number of carbonyl (C=O) groups excluding carboxylic acids is 1. The first-order valence-corrected chi connectivity index (χ1v) is 8.66. The second-order valence-corrected chi connectivity index (χ2v) is 6.24. The normalized spacial score (nSPS) is 10.7. The Morgan fingerprint density at radius 2 is 1.88 bits per heavy atom. The molecule has 1 aromatic heterocycles. The molecule has 134 valence electrons. The Balaban J connectivity index is 1.63. The van der Waals surface area contributed by atoms with Crippen molar-refractivity contribution >= 4 is 16.8 Å². The maximum atomic E-state index is 12.2. The van der Waals surface area contributed by atoms with Gasteiger partial charge in [0.05, 0.1) is 13.0 Å². The highest BCUT2D eigenvalue weighted by Crippen LogP contribution is 2.14. The monoisotopic (exact) mass is 350 g/mol. The van der Waals surface area contributed by atoms with E-state index >= 15 is 0 Å². The molecule has 5 heteroatoms. The standard InChI is InChI=1S/C21H22N2O3/c1-3-26-18-8-5-15(6-9-18)11-20(24)22-13-17-12-16-7-4-14(2)10-19(16)23-21(17)25/h4-10,12H,3,11,13H2,1-2H3,(H,22,24)(H,23,25). The van der Waals surface area contributed by atoms with E-state index in [2.05, 4.69) is 10.3 Å². The summed E-state index contributed by atoms with van der Waals surface area (Å²) in [7, 11) is 0. The average molecular weight is 350 g/mol. The van der Waals surface area contributed by atoms with Crippen LogP contribution in [0, 0.1) is 6.92 Å². The summed E-state index contributed by atoms with van der Waals surface area (Å²) >= 11 is 0. The quantitative estimate of drug-likeness (QED) is 0.718. The van der Waals surface area contributed by atoms with E-state index in [0.29, 0.717) is 12.2 Å². The van der Waals surface area contributed by atoms with Gasteiger partial charge in [0.25, 0.3) is 5.56 Å². The van der Waals surface area contributed by atoms with Crippen molar-refractivity contribution in [3.8, 4) is 5.75 Å². The molecule has 26 heavy (non-hydrogen) atoms. The first-order valence-electron chi connectivity index (χ1n) is 8.66. The van der Waals surface area contributed by atoms with Crippen LogP contribution in [-0.4, -0.2) is 17.5 Å². The number of ether oxygens (including phenoxy) is 1. The van der Waals surface area contributed by atoms with Crippen molar-refractivity contribution in [2.24, 2.45) is 0 Å². The number of aromatic nitrogens is 1. The van der Waals surface area contributed by atoms with Crippen molar-refractivity contribution < 1.29 is 9.53 Å². The lowest BCUT2D eigenvalue weighted by Gasteiger charge is -2.08. The van der Waals surface area contributed by atoms with Crippen LogP contribution >= 0.6 is 0 Å². The van der Waals surface area contributed by atoms with Gasteiger partial charge in [-0.25, -0.2) is 0 Å². The summed E-state index contributed by atoms with van der Waals surface area (Å²) in [5.74, 6) is 0.659. The molecule has 0 radical (unpaired) electrons. The zero-order chi connectivity index (χ0) is 18.5. The second kappa shape index (κ2) is 7.87. The molecule has 0 bridgehead atoms. The van der Waals surface area contributed by atoms with Crippen molar-refractivity contribution in [2.75, 3.05) is 6.61 Å². The van der Waals surface area contributed by atoms with Crippen molar-refractivity contribution in [3.05, 3.63) is 75.6 Å². The lowest BCUT2D eigenvalue weighted by molar-refractivity contribution is -0.120. The molecule has 0 fully saturated rings. The van der Waals surface area contributed by atoms with Gasteiger partial charge in [-0.2, -0.15) is 0 Å². The molecule has 0 aliphatic heterocycles. The Morgan fingerprint density at radius 3 is 2.62 bits per heavy atom. The van der Waals surface area contributed by atoms with E-state index in [9.17, 15) is 9.59 Å². The van der Waals surface area contributed by atoms with Crippen LogP contribution in [0.25, 0.3) is 10.9 Å². The van der Waals surface area contributed by atoms with Gasteiger partial charge >= 0.3 is 0 Å². The van der Waals surface area contributed by atoms with E-state index in [4.69, 9.17) is 4.74 Å². The third kappa shape index (κ3) is 4.30. The molecule has 0 saturated carbocycles. The minimum absolute atomic E-state index is 0.127. The van der Waals surface area contributed by atoms with E-state index in [1.54, 1.807) is 0 Å². The molecule has 0 aliphatic rings. The summed E-state index contributed by atoms with van der Waals surface area (Å²) in [6.07, 6.45) is 0.261. The minimum Gasteiger partial charge on any atom is -0.494 e. The molecule has 2 N–H and O–H groups in total. The fourth-order valence-electron chi connectivity index (χ4n) is 2.80. The number of aromatic amines is 1. The van der Waals surface area contributed by atoms with Gasteiger partial charge in [-0.1, -0.05) is 24.3 Å². The van der Waals surface area contributed by atoms with Gasteiger partial charge in [-0.15, -0.1) is 0 Å². The number of pyridine rings is 1. The van der Waals surface area contributed by atoms with Crippen molar-refractivity contribution in [3.63, 3.8) is 0 Å². The third-order valence-electron chi connectivity index (χ3n) is 4.15. The number of fused-ring (bicyclic) bond motifs is 1. The van der Waals surface area contributed by atoms with Crippen LogP contribution in [0.3, 0.4) is 0 Å². The number of rotatable bonds is 6. The highest BCUT2D eigenvalue weighted by Gasteiger charge is 2.07. The summed E-state index contributed by atoms with van der Waals surface area (Å²) in [6.45, 7) is 4.72. The maximum Gasteiger partial charge on any atom is 0.253 e. The minimum atomic E-state index is -0.176. The number of carbonyl (C=O) groups is 1. The number of nitrogens with one attached hydrogen (secondary N) is 2. The average Bonchev–Trinajstić information content (AvgIpc) is 2.62. The Labute approximate surface area is 152 Å². The number of H-pyrrole nitrogens is 1. The maximum absolute atomic E-state index is 12.2. The highest BCUT2D eigenvalue weighted by molar-refractivity contribution is 5.80. The van der Waals surface area contributed by atoms with Crippen LogP contribution in [0.15, 0.2) is 53.3 Å². The first-order chi connectivity index (χ1) is 12.5. The summed E-state index contributed by atoms with van der Waals surface area (Å²) in [5.41, 5.74) is 3.16. The molecule has 0 atom stereocenters. The first kappa shape index (κ1) is 17.7. The smallest absolute Gasteiger partial charge is 0.253 e. The molecule has 0 aliphatic carbocycles. The number of amides is 1. The van der Waals surface area contributed by atoms with E-state index in [1.807, 2.05) is 62.4 Å². The van der Waals surface area contributed by atoms with Gasteiger partial charge in [0.1, 0.15) is 5.75 Å². The molecule has 0 spiro atoms. The fraction of sp³-hybridized carbons (Fsp3) is 0.238. The molecular formula is C21H22N2O3.